The first-order chi connectivity index (χ1) is 6.54. The minimum absolute atomic E-state index is 0.188. The number of rotatable bonds is 5. The van der Waals surface area contributed by atoms with E-state index in [9.17, 15) is 4.79 Å². The monoisotopic (exact) mass is 197 g/mol. The van der Waals surface area contributed by atoms with Gasteiger partial charge in [0, 0.05) is 19.5 Å². The van der Waals surface area contributed by atoms with Crippen molar-refractivity contribution >= 4 is 5.97 Å². The summed E-state index contributed by atoms with van der Waals surface area (Å²) in [6.07, 6.45) is 0.813. The van der Waals surface area contributed by atoms with Crippen molar-refractivity contribution in [3.8, 4) is 11.8 Å². The number of carbonyl (C=O) groups excluding carboxylic acids is 1. The molecule has 0 saturated carbocycles. The van der Waals surface area contributed by atoms with E-state index in [1.165, 1.54) is 7.11 Å². The maximum Gasteiger partial charge on any atom is 0.312 e. The van der Waals surface area contributed by atoms with E-state index in [1.54, 1.807) is 0 Å². The van der Waals surface area contributed by atoms with E-state index in [1.807, 2.05) is 20.8 Å². The molecule has 0 rings (SSSR count). The van der Waals surface area contributed by atoms with Gasteiger partial charge in [0.2, 0.25) is 0 Å². The molecule has 80 valence electrons. The Morgan fingerprint density at radius 2 is 2.14 bits per heavy atom. The lowest BCUT2D eigenvalue weighted by molar-refractivity contribution is -0.150. The second-order valence-corrected chi connectivity index (χ2v) is 3.73. The highest BCUT2D eigenvalue weighted by molar-refractivity contribution is 5.76. The Hall–Kier alpha value is -1.01. The Bertz CT molecular complexity index is 235. The topological polar surface area (TPSA) is 38.3 Å². The van der Waals surface area contributed by atoms with Crippen LogP contribution in [0.2, 0.25) is 0 Å². The van der Waals surface area contributed by atoms with Crippen molar-refractivity contribution in [2.45, 2.75) is 27.2 Å². The Balaban J connectivity index is 3.74. The zero-order chi connectivity index (χ0) is 11.0. The number of hydrogen-bond acceptors (Lipinski definition) is 3. The number of ether oxygens (including phenoxy) is 1. The van der Waals surface area contributed by atoms with Gasteiger partial charge in [-0.25, -0.2) is 0 Å². The molecule has 0 spiro atoms. The van der Waals surface area contributed by atoms with Crippen LogP contribution in [0.25, 0.3) is 0 Å². The third-order valence-electron chi connectivity index (χ3n) is 1.91. The zero-order valence-electron chi connectivity index (χ0n) is 9.44. The summed E-state index contributed by atoms with van der Waals surface area (Å²) < 4.78 is 4.69. The SMILES string of the molecule is CC#CCCNCC(C)(C)C(=O)OC. The van der Waals surface area contributed by atoms with E-state index in [0.29, 0.717) is 6.54 Å². The van der Waals surface area contributed by atoms with Gasteiger partial charge in [-0.3, -0.25) is 4.79 Å². The predicted octanol–water partition coefficient (Wildman–Crippen LogP) is 1.19. The minimum Gasteiger partial charge on any atom is -0.469 e. The number of hydrogen-bond donors (Lipinski definition) is 1. The molecule has 1 N–H and O–H groups in total. The Labute approximate surface area is 86.2 Å². The largest absolute Gasteiger partial charge is 0.469 e. The summed E-state index contributed by atoms with van der Waals surface area (Å²) in [4.78, 5) is 11.3. The van der Waals surface area contributed by atoms with Crippen LogP contribution in [-0.4, -0.2) is 26.2 Å². The molecule has 0 atom stereocenters. The first-order valence-corrected chi connectivity index (χ1v) is 4.73. The van der Waals surface area contributed by atoms with Gasteiger partial charge in [-0.15, -0.1) is 11.8 Å². The maximum atomic E-state index is 11.3. The lowest BCUT2D eigenvalue weighted by atomic mass is 9.94. The van der Waals surface area contributed by atoms with E-state index in [-0.39, 0.29) is 5.97 Å². The Morgan fingerprint density at radius 1 is 1.50 bits per heavy atom. The second-order valence-electron chi connectivity index (χ2n) is 3.73. The van der Waals surface area contributed by atoms with Crippen LogP contribution in [-0.2, 0) is 9.53 Å². The molecule has 0 saturated heterocycles. The van der Waals surface area contributed by atoms with Crippen molar-refractivity contribution in [2.24, 2.45) is 5.41 Å². The molecule has 14 heavy (non-hydrogen) atoms. The molecule has 0 bridgehead atoms. The van der Waals surface area contributed by atoms with Crippen LogP contribution >= 0.6 is 0 Å². The number of methoxy groups -OCH3 is 1. The van der Waals surface area contributed by atoms with Gasteiger partial charge in [0.1, 0.15) is 0 Å². The summed E-state index contributed by atoms with van der Waals surface area (Å²) in [5, 5.41) is 3.17. The van der Waals surface area contributed by atoms with Crippen molar-refractivity contribution in [3.63, 3.8) is 0 Å². The van der Waals surface area contributed by atoms with E-state index >= 15 is 0 Å². The van der Waals surface area contributed by atoms with E-state index < -0.39 is 5.41 Å². The predicted molar refractivity (Wildman–Crippen MR) is 56.7 cm³/mol. The molecular formula is C11H19NO2. The Morgan fingerprint density at radius 3 is 2.64 bits per heavy atom. The first-order valence-electron chi connectivity index (χ1n) is 4.73. The molecule has 0 aromatic carbocycles. The lowest BCUT2D eigenvalue weighted by Gasteiger charge is -2.21. The normalized spacial score (nSPS) is 10.3. The van der Waals surface area contributed by atoms with Gasteiger partial charge in [-0.2, -0.15) is 0 Å². The molecule has 0 aliphatic rings. The van der Waals surface area contributed by atoms with Crippen LogP contribution < -0.4 is 5.32 Å². The zero-order valence-corrected chi connectivity index (χ0v) is 9.44. The first kappa shape index (κ1) is 13.0. The quantitative estimate of drug-likeness (QED) is 0.409. The van der Waals surface area contributed by atoms with Crippen LogP contribution in [0.4, 0.5) is 0 Å². The molecule has 0 aliphatic carbocycles. The van der Waals surface area contributed by atoms with Gasteiger partial charge in [0.05, 0.1) is 12.5 Å². The van der Waals surface area contributed by atoms with E-state index in [2.05, 4.69) is 21.9 Å². The summed E-state index contributed by atoms with van der Waals surface area (Å²) in [6, 6.07) is 0. The number of carbonyl (C=O) groups is 1. The Kier molecular flexibility index (Phi) is 5.98. The van der Waals surface area contributed by atoms with Crippen molar-refractivity contribution in [2.75, 3.05) is 20.2 Å². The minimum atomic E-state index is -0.464. The molecular weight excluding hydrogens is 178 g/mol. The average Bonchev–Trinajstić information content (AvgIpc) is 2.16. The van der Waals surface area contributed by atoms with Gasteiger partial charge in [-0.05, 0) is 20.8 Å². The third kappa shape index (κ3) is 4.88. The number of esters is 1. The highest BCUT2D eigenvalue weighted by atomic mass is 16.5. The fourth-order valence-corrected chi connectivity index (χ4v) is 1.03. The molecule has 0 heterocycles. The number of nitrogens with one attached hydrogen (secondary N) is 1. The summed E-state index contributed by atoms with van der Waals surface area (Å²) in [6.45, 7) is 6.96. The summed E-state index contributed by atoms with van der Waals surface area (Å²) in [5.41, 5.74) is -0.464. The van der Waals surface area contributed by atoms with Crippen LogP contribution in [0.3, 0.4) is 0 Å². The summed E-state index contributed by atoms with van der Waals surface area (Å²) >= 11 is 0. The molecule has 0 aromatic rings. The van der Waals surface area contributed by atoms with Crippen LogP contribution in [0.1, 0.15) is 27.2 Å². The van der Waals surface area contributed by atoms with E-state index in [0.717, 1.165) is 13.0 Å². The van der Waals surface area contributed by atoms with Gasteiger partial charge >= 0.3 is 5.97 Å². The third-order valence-corrected chi connectivity index (χ3v) is 1.91. The fourth-order valence-electron chi connectivity index (χ4n) is 1.03. The van der Waals surface area contributed by atoms with Gasteiger partial charge in [0.15, 0.2) is 0 Å². The fraction of sp³-hybridized carbons (Fsp3) is 0.727. The smallest absolute Gasteiger partial charge is 0.312 e. The van der Waals surface area contributed by atoms with Gasteiger partial charge in [-0.1, -0.05) is 0 Å². The highest BCUT2D eigenvalue weighted by Crippen LogP contribution is 2.14. The van der Waals surface area contributed by atoms with Gasteiger partial charge < -0.3 is 10.1 Å². The highest BCUT2D eigenvalue weighted by Gasteiger charge is 2.27. The molecule has 3 heteroatoms. The maximum absolute atomic E-state index is 11.3. The summed E-state index contributed by atoms with van der Waals surface area (Å²) in [7, 11) is 1.41. The average molecular weight is 197 g/mol. The molecule has 0 fully saturated rings. The van der Waals surface area contributed by atoms with Crippen LogP contribution in [0, 0.1) is 17.3 Å². The molecule has 0 aromatic heterocycles. The van der Waals surface area contributed by atoms with E-state index in [4.69, 9.17) is 0 Å². The molecule has 0 unspecified atom stereocenters. The van der Waals surface area contributed by atoms with Crippen molar-refractivity contribution < 1.29 is 9.53 Å². The van der Waals surface area contributed by atoms with Crippen molar-refractivity contribution in [1.29, 1.82) is 0 Å². The molecule has 0 aliphatic heterocycles. The van der Waals surface area contributed by atoms with Crippen molar-refractivity contribution in [3.05, 3.63) is 0 Å². The van der Waals surface area contributed by atoms with Gasteiger partial charge in [0.25, 0.3) is 0 Å². The molecule has 3 nitrogen and oxygen atoms in total. The van der Waals surface area contributed by atoms with Crippen LogP contribution in [0.15, 0.2) is 0 Å². The van der Waals surface area contributed by atoms with Crippen LogP contribution in [0.5, 0.6) is 0 Å². The van der Waals surface area contributed by atoms with Crippen molar-refractivity contribution in [1.82, 2.24) is 5.32 Å². The molecule has 0 amide bonds. The standard InChI is InChI=1S/C11H19NO2/c1-5-6-7-8-12-9-11(2,3)10(13)14-4/h12H,7-9H2,1-4H3. The summed E-state index contributed by atoms with van der Waals surface area (Å²) in [5.74, 6) is 5.58. The second kappa shape index (κ2) is 6.44. The molecule has 0 radical (unpaired) electrons. The lowest BCUT2D eigenvalue weighted by Crippen LogP contribution is -2.37.